The highest BCUT2D eigenvalue weighted by Gasteiger charge is 2.09. The second-order valence-corrected chi connectivity index (χ2v) is 4.27. The Morgan fingerprint density at radius 2 is 1.67 bits per heavy atom. The highest BCUT2D eigenvalue weighted by Crippen LogP contribution is 2.27. The van der Waals surface area contributed by atoms with Crippen LogP contribution in [-0.2, 0) is 6.54 Å². The predicted molar refractivity (Wildman–Crippen MR) is 78.0 cm³/mol. The van der Waals surface area contributed by atoms with Crippen molar-refractivity contribution in [2.75, 3.05) is 11.9 Å². The van der Waals surface area contributed by atoms with Gasteiger partial charge in [-0.25, -0.2) is 0 Å². The fourth-order valence-electron chi connectivity index (χ4n) is 1.95. The van der Waals surface area contributed by atoms with Gasteiger partial charge in [0.05, 0.1) is 12.3 Å². The Hall–Kier alpha value is -2.30. The smallest absolute Gasteiger partial charge is 0.387 e. The Balaban J connectivity index is 2.10. The van der Waals surface area contributed by atoms with Crippen molar-refractivity contribution in [2.45, 2.75) is 20.1 Å². The molecule has 0 aliphatic heterocycles. The van der Waals surface area contributed by atoms with Gasteiger partial charge >= 0.3 is 6.61 Å². The van der Waals surface area contributed by atoms with E-state index in [1.807, 2.05) is 31.2 Å². The van der Waals surface area contributed by atoms with Crippen LogP contribution < -0.4 is 14.8 Å². The molecule has 0 aromatic heterocycles. The van der Waals surface area contributed by atoms with Gasteiger partial charge in [-0.15, -0.1) is 0 Å². The molecule has 112 valence electrons. The Morgan fingerprint density at radius 3 is 2.38 bits per heavy atom. The zero-order chi connectivity index (χ0) is 15.1. The third-order valence-electron chi connectivity index (χ3n) is 2.84. The molecule has 0 atom stereocenters. The zero-order valence-electron chi connectivity index (χ0n) is 11.7. The van der Waals surface area contributed by atoms with Gasteiger partial charge in [0.2, 0.25) is 0 Å². The molecule has 5 heteroatoms. The average Bonchev–Trinajstić information content (AvgIpc) is 2.47. The van der Waals surface area contributed by atoms with Crippen LogP contribution >= 0.6 is 0 Å². The van der Waals surface area contributed by atoms with Gasteiger partial charge in [0, 0.05) is 12.1 Å². The topological polar surface area (TPSA) is 30.5 Å². The second-order valence-electron chi connectivity index (χ2n) is 4.27. The Bertz CT molecular complexity index is 576. The Labute approximate surface area is 122 Å². The maximum atomic E-state index is 12.4. The predicted octanol–water partition coefficient (Wildman–Crippen LogP) is 4.30. The number of nitrogens with one attached hydrogen (secondary N) is 1. The standard InChI is InChI=1S/C16H17F2NO2/c1-2-20-14-9-5-3-7-12(14)11-19-13-8-4-6-10-15(13)21-16(17)18/h3-10,16,19H,2,11H2,1H3. The third-order valence-corrected chi connectivity index (χ3v) is 2.84. The van der Waals surface area contributed by atoms with Gasteiger partial charge < -0.3 is 14.8 Å². The molecule has 0 saturated heterocycles. The molecule has 0 saturated carbocycles. The van der Waals surface area contributed by atoms with Crippen LogP contribution in [0.15, 0.2) is 48.5 Å². The number of anilines is 1. The average molecular weight is 293 g/mol. The highest BCUT2D eigenvalue weighted by atomic mass is 19.3. The Morgan fingerprint density at radius 1 is 1.00 bits per heavy atom. The number of alkyl halides is 2. The van der Waals surface area contributed by atoms with Gasteiger partial charge in [0.1, 0.15) is 11.5 Å². The van der Waals surface area contributed by atoms with Crippen molar-refractivity contribution in [3.05, 3.63) is 54.1 Å². The summed E-state index contributed by atoms with van der Waals surface area (Å²) in [6.07, 6.45) is 0. The van der Waals surface area contributed by atoms with E-state index in [9.17, 15) is 8.78 Å². The molecule has 1 N–H and O–H groups in total. The van der Waals surface area contributed by atoms with Crippen LogP contribution in [0, 0.1) is 0 Å². The van der Waals surface area contributed by atoms with E-state index in [1.165, 1.54) is 6.07 Å². The number of ether oxygens (including phenoxy) is 2. The van der Waals surface area contributed by atoms with Crippen LogP contribution in [0.1, 0.15) is 12.5 Å². The summed E-state index contributed by atoms with van der Waals surface area (Å²) in [5, 5.41) is 3.10. The van der Waals surface area contributed by atoms with E-state index < -0.39 is 6.61 Å². The molecular formula is C16H17F2NO2. The number of rotatable bonds is 7. The summed E-state index contributed by atoms with van der Waals surface area (Å²) in [6, 6.07) is 14.2. The van der Waals surface area contributed by atoms with Crippen LogP contribution in [0.5, 0.6) is 11.5 Å². The van der Waals surface area contributed by atoms with E-state index in [0.717, 1.165) is 11.3 Å². The molecule has 0 fully saturated rings. The maximum Gasteiger partial charge on any atom is 0.387 e. The molecule has 0 unspecified atom stereocenters. The zero-order valence-corrected chi connectivity index (χ0v) is 11.7. The molecule has 0 spiro atoms. The van der Waals surface area contributed by atoms with E-state index in [4.69, 9.17) is 4.74 Å². The summed E-state index contributed by atoms with van der Waals surface area (Å²) in [6.45, 7) is 0.0985. The summed E-state index contributed by atoms with van der Waals surface area (Å²) in [5.41, 5.74) is 1.47. The fourth-order valence-corrected chi connectivity index (χ4v) is 1.95. The first-order valence-corrected chi connectivity index (χ1v) is 6.69. The van der Waals surface area contributed by atoms with Crippen molar-refractivity contribution in [1.29, 1.82) is 0 Å². The lowest BCUT2D eigenvalue weighted by molar-refractivity contribution is -0.0493. The molecule has 0 heterocycles. The van der Waals surface area contributed by atoms with Gasteiger partial charge in [-0.1, -0.05) is 30.3 Å². The van der Waals surface area contributed by atoms with Crippen LogP contribution in [0.3, 0.4) is 0 Å². The summed E-state index contributed by atoms with van der Waals surface area (Å²) < 4.78 is 34.7. The summed E-state index contributed by atoms with van der Waals surface area (Å²) in [5.74, 6) is 0.904. The van der Waals surface area contributed by atoms with Gasteiger partial charge in [0.25, 0.3) is 0 Å². The lowest BCUT2D eigenvalue weighted by Crippen LogP contribution is -2.07. The van der Waals surface area contributed by atoms with Gasteiger partial charge in [-0.05, 0) is 25.1 Å². The minimum atomic E-state index is -2.84. The molecule has 0 aliphatic rings. The van der Waals surface area contributed by atoms with Crippen LogP contribution in [0.2, 0.25) is 0 Å². The molecule has 0 bridgehead atoms. The van der Waals surface area contributed by atoms with Crippen LogP contribution in [0.25, 0.3) is 0 Å². The number of hydrogen-bond acceptors (Lipinski definition) is 3. The number of hydrogen-bond donors (Lipinski definition) is 1. The number of halogens is 2. The van der Waals surface area contributed by atoms with Crippen LogP contribution in [-0.4, -0.2) is 13.2 Å². The molecule has 0 radical (unpaired) electrons. The number of para-hydroxylation sites is 3. The van der Waals surface area contributed by atoms with E-state index >= 15 is 0 Å². The first kappa shape index (κ1) is 15.1. The van der Waals surface area contributed by atoms with E-state index in [2.05, 4.69) is 10.1 Å². The molecule has 0 amide bonds. The molecule has 2 rings (SSSR count). The molecule has 21 heavy (non-hydrogen) atoms. The largest absolute Gasteiger partial charge is 0.494 e. The third kappa shape index (κ3) is 4.34. The van der Waals surface area contributed by atoms with E-state index in [0.29, 0.717) is 18.8 Å². The monoisotopic (exact) mass is 293 g/mol. The second kappa shape index (κ2) is 7.47. The highest BCUT2D eigenvalue weighted by molar-refractivity contribution is 5.56. The molecular weight excluding hydrogens is 276 g/mol. The summed E-state index contributed by atoms with van der Waals surface area (Å²) in [7, 11) is 0. The van der Waals surface area contributed by atoms with Crippen molar-refractivity contribution < 1.29 is 18.3 Å². The molecule has 3 nitrogen and oxygen atoms in total. The lowest BCUT2D eigenvalue weighted by atomic mass is 10.2. The SMILES string of the molecule is CCOc1ccccc1CNc1ccccc1OC(F)F. The Kier molecular flexibility index (Phi) is 5.37. The fraction of sp³-hybridized carbons (Fsp3) is 0.250. The van der Waals surface area contributed by atoms with Crippen molar-refractivity contribution in [3.8, 4) is 11.5 Å². The normalized spacial score (nSPS) is 10.5. The van der Waals surface area contributed by atoms with Crippen LogP contribution in [0.4, 0.5) is 14.5 Å². The first-order chi connectivity index (χ1) is 10.2. The first-order valence-electron chi connectivity index (χ1n) is 6.69. The minimum absolute atomic E-state index is 0.126. The van der Waals surface area contributed by atoms with E-state index in [-0.39, 0.29) is 5.75 Å². The minimum Gasteiger partial charge on any atom is -0.494 e. The van der Waals surface area contributed by atoms with Crippen molar-refractivity contribution in [3.63, 3.8) is 0 Å². The summed E-state index contributed by atoms with van der Waals surface area (Å²) in [4.78, 5) is 0. The maximum absolute atomic E-state index is 12.4. The van der Waals surface area contributed by atoms with Gasteiger partial charge in [-0.2, -0.15) is 8.78 Å². The molecule has 2 aromatic rings. The quantitative estimate of drug-likeness (QED) is 0.825. The van der Waals surface area contributed by atoms with Crippen molar-refractivity contribution in [2.24, 2.45) is 0 Å². The van der Waals surface area contributed by atoms with Crippen molar-refractivity contribution in [1.82, 2.24) is 0 Å². The van der Waals surface area contributed by atoms with Crippen molar-refractivity contribution >= 4 is 5.69 Å². The van der Waals surface area contributed by atoms with E-state index in [1.54, 1.807) is 18.2 Å². The molecule has 2 aromatic carbocycles. The number of benzene rings is 2. The summed E-state index contributed by atoms with van der Waals surface area (Å²) >= 11 is 0. The van der Waals surface area contributed by atoms with Gasteiger partial charge in [0.15, 0.2) is 0 Å². The lowest BCUT2D eigenvalue weighted by Gasteiger charge is -2.14. The van der Waals surface area contributed by atoms with Gasteiger partial charge in [-0.3, -0.25) is 0 Å². The molecule has 0 aliphatic carbocycles.